The molecule has 1 nitrogen and oxygen atoms in total. The smallest absolute Gasteiger partial charge is 0.176 e. The van der Waals surface area contributed by atoms with Crippen molar-refractivity contribution in [3.8, 4) is 0 Å². The molecule has 1 aromatic rings. The predicted molar refractivity (Wildman–Crippen MR) is 56.6 cm³/mol. The molecule has 0 amide bonds. The molecule has 0 unspecified atom stereocenters. The molecule has 12 heavy (non-hydrogen) atoms. The van der Waals surface area contributed by atoms with Crippen LogP contribution in [-0.2, 0) is 11.2 Å². The van der Waals surface area contributed by atoms with E-state index in [4.69, 9.17) is 0 Å². The second kappa shape index (κ2) is 5.27. The average molecular weight is 198 g/mol. The van der Waals surface area contributed by atoms with Crippen LogP contribution in [0.4, 0.5) is 0 Å². The largest absolute Gasteiger partial charge is 0.291 e. The summed E-state index contributed by atoms with van der Waals surface area (Å²) in [7, 11) is 0. The number of rotatable bonds is 4. The van der Waals surface area contributed by atoms with Crippen molar-refractivity contribution < 1.29 is 4.79 Å². The summed E-state index contributed by atoms with van der Waals surface area (Å²) >= 11 is 5.49. The Kier molecular flexibility index (Phi) is 4.25. The zero-order valence-corrected chi connectivity index (χ0v) is 8.28. The maximum atomic E-state index is 10.00. The molecule has 0 saturated carbocycles. The Balaban J connectivity index is 2.42. The van der Waals surface area contributed by atoms with Gasteiger partial charge < -0.3 is 0 Å². The van der Waals surface area contributed by atoms with Crippen LogP contribution in [0.2, 0.25) is 0 Å². The lowest BCUT2D eigenvalue weighted by molar-refractivity contribution is 0.570. The molecule has 1 aromatic carbocycles. The van der Waals surface area contributed by atoms with Crippen molar-refractivity contribution >= 4 is 30.0 Å². The molecule has 0 aromatic heterocycles. The van der Waals surface area contributed by atoms with E-state index < -0.39 is 0 Å². The Morgan fingerprint density at radius 3 is 2.58 bits per heavy atom. The summed E-state index contributed by atoms with van der Waals surface area (Å²) in [4.78, 5) is 11.0. The lowest BCUT2D eigenvalue weighted by Gasteiger charge is -1.98. The van der Waals surface area contributed by atoms with E-state index in [2.05, 4.69) is 12.6 Å². The second-order valence-electron chi connectivity index (χ2n) is 2.38. The first-order chi connectivity index (χ1) is 5.83. The van der Waals surface area contributed by atoms with Crippen LogP contribution in [0.25, 0.3) is 0 Å². The highest BCUT2D eigenvalue weighted by molar-refractivity contribution is 8.11. The molecule has 1 rings (SSSR count). The summed E-state index contributed by atoms with van der Waals surface area (Å²) in [6, 6.07) is 8.00. The number of carbonyl (C=O) groups excluding carboxylic acids is 1. The van der Waals surface area contributed by atoms with E-state index in [-0.39, 0.29) is 0 Å². The molecule has 0 spiro atoms. The minimum atomic E-state index is 0.857. The topological polar surface area (TPSA) is 17.1 Å². The molecule has 0 fully saturated rings. The predicted octanol–water partition coefficient (Wildman–Crippen LogP) is 2.44. The number of thioether (sulfide) groups is 1. The zero-order chi connectivity index (χ0) is 8.81. The van der Waals surface area contributed by atoms with Gasteiger partial charge in [0, 0.05) is 10.6 Å². The number of benzene rings is 1. The first-order valence-electron chi connectivity index (χ1n) is 3.66. The number of aryl methyl sites for hydroxylation is 1. The van der Waals surface area contributed by atoms with Gasteiger partial charge >= 0.3 is 0 Å². The fraction of sp³-hybridized carbons (Fsp3) is 0.222. The Hall–Kier alpha value is -0.410. The van der Waals surface area contributed by atoms with Gasteiger partial charge in [0.2, 0.25) is 0 Å². The summed E-state index contributed by atoms with van der Waals surface area (Å²) in [5, 5.41) is 0. The summed E-state index contributed by atoms with van der Waals surface area (Å²) in [6.45, 7) is 0. The van der Waals surface area contributed by atoms with E-state index in [1.165, 1.54) is 17.3 Å². The lowest BCUT2D eigenvalue weighted by atomic mass is 10.2. The van der Waals surface area contributed by atoms with Gasteiger partial charge in [-0.3, -0.25) is 4.79 Å². The first-order valence-corrected chi connectivity index (χ1v) is 5.15. The van der Waals surface area contributed by atoms with Gasteiger partial charge in [0.05, 0.1) is 0 Å². The fourth-order valence-electron chi connectivity index (χ4n) is 0.888. The van der Waals surface area contributed by atoms with Gasteiger partial charge in [0.25, 0.3) is 0 Å². The molecular formula is C9H10OS2. The molecule has 0 bridgehead atoms. The van der Waals surface area contributed by atoms with Gasteiger partial charge in [-0.25, -0.2) is 0 Å². The SMILES string of the molecule is O=CSCCc1ccc(S)cc1. The van der Waals surface area contributed by atoms with Crippen LogP contribution in [-0.4, -0.2) is 11.4 Å². The van der Waals surface area contributed by atoms with Crippen molar-refractivity contribution in [3.63, 3.8) is 0 Å². The van der Waals surface area contributed by atoms with E-state index in [0.29, 0.717) is 0 Å². The minimum Gasteiger partial charge on any atom is -0.291 e. The molecule has 0 atom stereocenters. The summed E-state index contributed by atoms with van der Waals surface area (Å²) < 4.78 is 0. The Morgan fingerprint density at radius 2 is 2.00 bits per heavy atom. The molecule has 0 N–H and O–H groups in total. The first kappa shape index (κ1) is 9.68. The summed E-state index contributed by atoms with van der Waals surface area (Å²) in [6.07, 6.45) is 0.942. The molecule has 0 aliphatic carbocycles. The van der Waals surface area contributed by atoms with Crippen molar-refractivity contribution in [1.29, 1.82) is 0 Å². The van der Waals surface area contributed by atoms with Crippen molar-refractivity contribution in [2.75, 3.05) is 5.75 Å². The molecule has 64 valence electrons. The third-order valence-electron chi connectivity index (χ3n) is 1.51. The standard InChI is InChI=1S/C9H10OS2/c10-7-12-6-5-8-1-3-9(11)4-2-8/h1-4,7,11H,5-6H2. The quantitative estimate of drug-likeness (QED) is 0.455. The monoisotopic (exact) mass is 198 g/mol. The molecular weight excluding hydrogens is 188 g/mol. The second-order valence-corrected chi connectivity index (χ2v) is 3.83. The molecule has 0 heterocycles. The summed E-state index contributed by atoms with van der Waals surface area (Å²) in [5.74, 6) is 0.857. The van der Waals surface area contributed by atoms with E-state index in [9.17, 15) is 4.79 Å². The Labute approximate surface area is 82.0 Å². The fourth-order valence-corrected chi connectivity index (χ4v) is 1.49. The van der Waals surface area contributed by atoms with E-state index >= 15 is 0 Å². The minimum absolute atomic E-state index is 0.857. The average Bonchev–Trinajstić information content (AvgIpc) is 2.09. The number of carbonyl (C=O) groups is 1. The van der Waals surface area contributed by atoms with Crippen LogP contribution >= 0.6 is 24.4 Å². The van der Waals surface area contributed by atoms with E-state index in [1.54, 1.807) is 0 Å². The third kappa shape index (κ3) is 3.32. The van der Waals surface area contributed by atoms with Gasteiger partial charge in [-0.05, 0) is 24.1 Å². The van der Waals surface area contributed by atoms with Crippen LogP contribution in [0.3, 0.4) is 0 Å². The summed E-state index contributed by atoms with van der Waals surface area (Å²) in [5.41, 5.74) is 2.13. The maximum absolute atomic E-state index is 10.00. The van der Waals surface area contributed by atoms with Gasteiger partial charge in [0.1, 0.15) is 0 Å². The van der Waals surface area contributed by atoms with Crippen molar-refractivity contribution in [1.82, 2.24) is 0 Å². The molecule has 0 radical (unpaired) electrons. The van der Waals surface area contributed by atoms with Gasteiger partial charge in [0.15, 0.2) is 5.62 Å². The lowest BCUT2D eigenvalue weighted by Crippen LogP contribution is -1.87. The maximum Gasteiger partial charge on any atom is 0.176 e. The highest BCUT2D eigenvalue weighted by Gasteiger charge is 1.92. The highest BCUT2D eigenvalue weighted by Crippen LogP contribution is 2.09. The highest BCUT2D eigenvalue weighted by atomic mass is 32.2. The van der Waals surface area contributed by atoms with Crippen molar-refractivity contribution in [2.45, 2.75) is 11.3 Å². The van der Waals surface area contributed by atoms with Crippen LogP contribution in [0.15, 0.2) is 29.2 Å². The van der Waals surface area contributed by atoms with Crippen LogP contribution < -0.4 is 0 Å². The van der Waals surface area contributed by atoms with Gasteiger partial charge in [-0.1, -0.05) is 23.9 Å². The van der Waals surface area contributed by atoms with E-state index in [1.807, 2.05) is 24.3 Å². The van der Waals surface area contributed by atoms with Crippen LogP contribution in [0.1, 0.15) is 5.56 Å². The normalized spacial score (nSPS) is 9.75. The number of hydrogen-bond acceptors (Lipinski definition) is 3. The molecule has 0 saturated heterocycles. The number of thiol groups is 1. The van der Waals surface area contributed by atoms with Crippen LogP contribution in [0, 0.1) is 0 Å². The van der Waals surface area contributed by atoms with Crippen LogP contribution in [0.5, 0.6) is 0 Å². The zero-order valence-electron chi connectivity index (χ0n) is 6.56. The van der Waals surface area contributed by atoms with Crippen molar-refractivity contribution in [3.05, 3.63) is 29.8 Å². The van der Waals surface area contributed by atoms with Gasteiger partial charge in [-0.2, -0.15) is 0 Å². The Morgan fingerprint density at radius 1 is 1.33 bits per heavy atom. The van der Waals surface area contributed by atoms with E-state index in [0.717, 1.165) is 22.7 Å². The van der Waals surface area contributed by atoms with Crippen molar-refractivity contribution in [2.24, 2.45) is 0 Å². The Bertz CT molecular complexity index is 243. The van der Waals surface area contributed by atoms with Gasteiger partial charge in [-0.15, -0.1) is 12.6 Å². The molecule has 0 aliphatic heterocycles. The molecule has 0 aliphatic rings. The molecule has 3 heteroatoms. The number of hydrogen-bond donors (Lipinski definition) is 1. The third-order valence-corrected chi connectivity index (χ3v) is 2.39.